The monoisotopic (exact) mass is 644 g/mol. The van der Waals surface area contributed by atoms with Crippen molar-refractivity contribution in [3.8, 4) is 22.8 Å². The number of carbonyl (C=O) groups excluding carboxylic acids is 1. The van der Waals surface area contributed by atoms with Crippen LogP contribution >= 0.6 is 0 Å². The summed E-state index contributed by atoms with van der Waals surface area (Å²) in [5.41, 5.74) is 4.62. The van der Waals surface area contributed by atoms with Gasteiger partial charge < -0.3 is 25.2 Å². The van der Waals surface area contributed by atoms with Gasteiger partial charge in [-0.05, 0) is 67.9 Å². The van der Waals surface area contributed by atoms with Crippen molar-refractivity contribution in [3.05, 3.63) is 101 Å². The molecule has 0 bridgehead atoms. The zero-order valence-electron chi connectivity index (χ0n) is 25.7. The molecule has 0 atom stereocenters. The first-order valence-corrected chi connectivity index (χ1v) is 15.2. The van der Waals surface area contributed by atoms with Gasteiger partial charge in [0.15, 0.2) is 11.5 Å². The standard InChI is InChI=1S/C26H24N4O5.C7H8O3S/c1-14-10-16(8-9-18(14)25(32)33)24(31)28-17-7-5-6-15(11-17)23-19-12-21(34-3)22(35-4)13-20(19)29-26(27-2)30-23;1-6-2-4-7(5-3-6)11(8,9)10/h5-13H,1-4H3,(H,28,31)(H,32,33)(H,27,29,30);2-5H,1H3,(H,8,9,10). The fourth-order valence-electron chi connectivity index (χ4n) is 4.49. The Morgan fingerprint density at radius 3 is 2.11 bits per heavy atom. The molecular weight excluding hydrogens is 612 g/mol. The summed E-state index contributed by atoms with van der Waals surface area (Å²) < 4.78 is 40.4. The molecule has 46 heavy (non-hydrogen) atoms. The summed E-state index contributed by atoms with van der Waals surface area (Å²) in [5, 5.41) is 15.8. The molecule has 1 heterocycles. The van der Waals surface area contributed by atoms with Crippen LogP contribution in [0.25, 0.3) is 22.2 Å². The SMILES string of the molecule is CNc1nc(-c2cccc(NC(=O)c3ccc(C(=O)O)c(C)c3)c2)c2cc(OC)c(OC)cc2n1.Cc1ccc(S(=O)(=O)O)cc1. The van der Waals surface area contributed by atoms with Gasteiger partial charge in [-0.3, -0.25) is 9.35 Å². The number of fused-ring (bicyclic) bond motifs is 1. The van der Waals surface area contributed by atoms with Gasteiger partial charge in [-0.15, -0.1) is 0 Å². The van der Waals surface area contributed by atoms with Crippen LogP contribution in [0.3, 0.4) is 0 Å². The minimum atomic E-state index is -4.02. The third kappa shape index (κ3) is 7.75. The van der Waals surface area contributed by atoms with Crippen molar-refractivity contribution in [1.29, 1.82) is 0 Å². The summed E-state index contributed by atoms with van der Waals surface area (Å²) in [6, 6.07) is 21.4. The highest BCUT2D eigenvalue weighted by molar-refractivity contribution is 7.85. The predicted octanol–water partition coefficient (Wildman–Crippen LogP) is 5.86. The number of aromatic nitrogens is 2. The first-order valence-electron chi connectivity index (χ1n) is 13.8. The number of hydrogen-bond donors (Lipinski definition) is 4. The number of carboxylic acids is 1. The molecule has 0 spiro atoms. The van der Waals surface area contributed by atoms with Crippen molar-refractivity contribution in [2.75, 3.05) is 31.9 Å². The molecule has 0 aliphatic heterocycles. The van der Waals surface area contributed by atoms with E-state index in [1.165, 1.54) is 24.3 Å². The van der Waals surface area contributed by atoms with Crippen molar-refractivity contribution in [3.63, 3.8) is 0 Å². The average molecular weight is 645 g/mol. The van der Waals surface area contributed by atoms with Crippen LogP contribution in [-0.4, -0.2) is 61.2 Å². The van der Waals surface area contributed by atoms with Gasteiger partial charge >= 0.3 is 5.97 Å². The minimum absolute atomic E-state index is 0.0666. The third-order valence-corrected chi connectivity index (χ3v) is 7.72. The summed E-state index contributed by atoms with van der Waals surface area (Å²) in [5.74, 6) is 0.151. The Kier molecular flexibility index (Phi) is 10.2. The second-order valence-electron chi connectivity index (χ2n) is 10.0. The lowest BCUT2D eigenvalue weighted by Crippen LogP contribution is -2.13. The van der Waals surface area contributed by atoms with E-state index in [1.807, 2.05) is 31.2 Å². The maximum Gasteiger partial charge on any atom is 0.335 e. The largest absolute Gasteiger partial charge is 0.493 e. The van der Waals surface area contributed by atoms with Crippen molar-refractivity contribution in [2.45, 2.75) is 18.7 Å². The molecule has 1 aromatic heterocycles. The Balaban J connectivity index is 0.000000369. The summed E-state index contributed by atoms with van der Waals surface area (Å²) in [4.78, 5) is 33.2. The molecule has 0 aliphatic rings. The van der Waals surface area contributed by atoms with Gasteiger partial charge in [-0.25, -0.2) is 14.8 Å². The highest BCUT2D eigenvalue weighted by atomic mass is 32.2. The summed E-state index contributed by atoms with van der Waals surface area (Å²) in [6.45, 7) is 3.50. The molecule has 238 valence electrons. The maximum absolute atomic E-state index is 12.8. The fraction of sp³-hybridized carbons (Fsp3) is 0.152. The smallest absolute Gasteiger partial charge is 0.335 e. The van der Waals surface area contributed by atoms with Gasteiger partial charge in [0.05, 0.1) is 35.9 Å². The van der Waals surface area contributed by atoms with Crippen LogP contribution in [0.5, 0.6) is 11.5 Å². The van der Waals surface area contributed by atoms with Crippen molar-refractivity contribution < 1.29 is 37.1 Å². The van der Waals surface area contributed by atoms with Gasteiger partial charge in [0.2, 0.25) is 5.95 Å². The molecule has 0 saturated heterocycles. The van der Waals surface area contributed by atoms with E-state index < -0.39 is 16.1 Å². The van der Waals surface area contributed by atoms with E-state index in [9.17, 15) is 23.1 Å². The van der Waals surface area contributed by atoms with Gasteiger partial charge in [0.1, 0.15) is 0 Å². The van der Waals surface area contributed by atoms with Crippen LogP contribution < -0.4 is 20.1 Å². The number of hydrogen-bond acceptors (Lipinski definition) is 9. The van der Waals surface area contributed by atoms with Crippen LogP contribution in [-0.2, 0) is 10.1 Å². The Bertz CT molecular complexity index is 2030. The lowest BCUT2D eigenvalue weighted by atomic mass is 10.0. The second kappa shape index (κ2) is 14.1. The highest BCUT2D eigenvalue weighted by Crippen LogP contribution is 2.36. The molecule has 4 N–H and O–H groups in total. The van der Waals surface area contributed by atoms with Gasteiger partial charge in [-0.1, -0.05) is 29.8 Å². The summed E-state index contributed by atoms with van der Waals surface area (Å²) in [7, 11) is 0.842. The third-order valence-electron chi connectivity index (χ3n) is 6.86. The molecule has 0 saturated carbocycles. The van der Waals surface area contributed by atoms with Gasteiger partial charge in [0, 0.05) is 35.3 Å². The number of nitrogens with zero attached hydrogens (tertiary/aromatic N) is 2. The minimum Gasteiger partial charge on any atom is -0.493 e. The molecule has 5 rings (SSSR count). The quantitative estimate of drug-likeness (QED) is 0.149. The van der Waals surface area contributed by atoms with E-state index in [2.05, 4.69) is 20.6 Å². The van der Waals surface area contributed by atoms with Crippen molar-refractivity contribution in [1.82, 2.24) is 9.97 Å². The van der Waals surface area contributed by atoms with Crippen LogP contribution in [0.2, 0.25) is 0 Å². The molecule has 0 aliphatic carbocycles. The Morgan fingerprint density at radius 1 is 0.848 bits per heavy atom. The summed E-state index contributed by atoms with van der Waals surface area (Å²) >= 11 is 0. The fourth-order valence-corrected chi connectivity index (χ4v) is 4.97. The first-order chi connectivity index (χ1) is 21.8. The maximum atomic E-state index is 12.8. The van der Waals surface area contributed by atoms with Crippen LogP contribution in [0.15, 0.2) is 83.8 Å². The molecule has 5 aromatic rings. The number of ether oxygens (including phenoxy) is 2. The van der Waals surface area contributed by atoms with Crippen LogP contribution in [0.1, 0.15) is 31.8 Å². The molecule has 4 aromatic carbocycles. The number of amides is 1. The molecule has 0 radical (unpaired) electrons. The highest BCUT2D eigenvalue weighted by Gasteiger charge is 2.16. The molecule has 0 unspecified atom stereocenters. The molecule has 12 nitrogen and oxygen atoms in total. The number of carbonyl (C=O) groups is 2. The van der Waals surface area contributed by atoms with E-state index in [0.29, 0.717) is 45.5 Å². The lowest BCUT2D eigenvalue weighted by molar-refractivity contribution is 0.0695. The Labute approximate surface area is 265 Å². The zero-order chi connectivity index (χ0) is 33.6. The Hall–Kier alpha value is -5.53. The Morgan fingerprint density at radius 2 is 1.52 bits per heavy atom. The predicted molar refractivity (Wildman–Crippen MR) is 175 cm³/mol. The zero-order valence-corrected chi connectivity index (χ0v) is 26.5. The van der Waals surface area contributed by atoms with E-state index in [0.717, 1.165) is 16.5 Å². The van der Waals surface area contributed by atoms with Crippen molar-refractivity contribution in [2.24, 2.45) is 0 Å². The topological polar surface area (TPSA) is 177 Å². The number of anilines is 2. The average Bonchev–Trinajstić information content (AvgIpc) is 3.03. The van der Waals surface area contributed by atoms with Crippen LogP contribution in [0, 0.1) is 13.8 Å². The molecule has 1 amide bonds. The number of aryl methyl sites for hydroxylation is 2. The lowest BCUT2D eigenvalue weighted by Gasteiger charge is -2.14. The van der Waals surface area contributed by atoms with Crippen LogP contribution in [0.4, 0.5) is 11.6 Å². The summed E-state index contributed by atoms with van der Waals surface area (Å²) in [6.07, 6.45) is 0. The number of nitrogens with one attached hydrogen (secondary N) is 2. The number of rotatable bonds is 8. The van der Waals surface area contributed by atoms with E-state index in [4.69, 9.17) is 14.0 Å². The first kappa shape index (κ1) is 33.4. The normalized spacial score (nSPS) is 10.8. The van der Waals surface area contributed by atoms with E-state index in [-0.39, 0.29) is 16.4 Å². The number of benzene rings is 4. The number of methoxy groups -OCH3 is 2. The molecule has 0 fully saturated rings. The van der Waals surface area contributed by atoms with Crippen molar-refractivity contribution >= 4 is 44.5 Å². The number of aromatic carboxylic acids is 1. The molecular formula is C33H32N4O8S. The van der Waals surface area contributed by atoms with Gasteiger partial charge in [-0.2, -0.15) is 8.42 Å². The number of carboxylic acid groups (broad SMARTS) is 1. The molecule has 13 heteroatoms. The van der Waals surface area contributed by atoms with E-state index in [1.54, 1.807) is 58.5 Å². The van der Waals surface area contributed by atoms with E-state index >= 15 is 0 Å². The second-order valence-corrected chi connectivity index (χ2v) is 11.4. The van der Waals surface area contributed by atoms with Gasteiger partial charge in [0.25, 0.3) is 16.0 Å².